The third-order valence-electron chi connectivity index (χ3n) is 2.44. The summed E-state index contributed by atoms with van der Waals surface area (Å²) in [6.45, 7) is 4.35. The number of nitrogens with two attached hydrogens (primary N) is 1. The Bertz CT molecular complexity index is 237. The van der Waals surface area contributed by atoms with Crippen molar-refractivity contribution in [2.75, 3.05) is 0 Å². The maximum atomic E-state index is 5.73. The predicted molar refractivity (Wildman–Crippen MR) is 50.8 cm³/mol. The maximum Gasteiger partial charge on any atom is 0.150 e. The van der Waals surface area contributed by atoms with Gasteiger partial charge in [-0.15, -0.1) is 0 Å². The summed E-state index contributed by atoms with van der Waals surface area (Å²) in [6.07, 6.45) is 9.33. The van der Waals surface area contributed by atoms with Gasteiger partial charge in [-0.05, 0) is 18.6 Å². The van der Waals surface area contributed by atoms with Gasteiger partial charge in [0.1, 0.15) is 0 Å². The van der Waals surface area contributed by atoms with E-state index >= 15 is 0 Å². The van der Waals surface area contributed by atoms with E-state index in [-0.39, 0.29) is 5.41 Å². The van der Waals surface area contributed by atoms with Gasteiger partial charge in [0.25, 0.3) is 0 Å². The van der Waals surface area contributed by atoms with Crippen LogP contribution in [-0.2, 0) is 0 Å². The van der Waals surface area contributed by atoms with Crippen LogP contribution in [0.1, 0.15) is 20.3 Å². The van der Waals surface area contributed by atoms with Crippen molar-refractivity contribution in [1.29, 1.82) is 0 Å². The Balaban J connectivity index is 2.98. The molecule has 1 rings (SSSR count). The van der Waals surface area contributed by atoms with Gasteiger partial charge in [0, 0.05) is 5.41 Å². The first-order valence-corrected chi connectivity index (χ1v) is 4.27. The fraction of sp³-hybridized carbons (Fsp3) is 0.400. The monoisotopic (exact) mass is 165 g/mol. The molecule has 5 N–H and O–H groups in total. The Kier molecular flexibility index (Phi) is 2.38. The highest BCUT2D eigenvalue weighted by Crippen LogP contribution is 2.27. The lowest BCUT2D eigenvalue weighted by molar-refractivity contribution is -0.296. The van der Waals surface area contributed by atoms with Crippen LogP contribution in [0.15, 0.2) is 35.7 Å². The molecular formula is C10H17N2+. The van der Waals surface area contributed by atoms with Gasteiger partial charge < -0.3 is 11.5 Å². The molecule has 2 heteroatoms. The number of hydrogen-bond acceptors (Lipinski definition) is 1. The van der Waals surface area contributed by atoms with Gasteiger partial charge in [-0.2, -0.15) is 0 Å². The van der Waals surface area contributed by atoms with E-state index in [1.165, 1.54) is 0 Å². The van der Waals surface area contributed by atoms with E-state index in [0.29, 0.717) is 0 Å². The summed E-state index contributed by atoms with van der Waals surface area (Å²) in [7, 11) is 0. The van der Waals surface area contributed by atoms with Crippen LogP contribution < -0.4 is 11.5 Å². The van der Waals surface area contributed by atoms with Crippen molar-refractivity contribution < 1.29 is 5.73 Å². The standard InChI is InChI=1S/C10H16N2/c1-3-10(2)6-4-8(11)9(12)5-7-10/h4-7H,3,11-12H2,1-2H3/p+1. The first-order chi connectivity index (χ1) is 5.57. The number of hydrogen-bond donors (Lipinski definition) is 2. The Morgan fingerprint density at radius 1 is 1.42 bits per heavy atom. The largest absolute Gasteiger partial charge is 0.394 e. The summed E-state index contributed by atoms with van der Waals surface area (Å²) in [6, 6.07) is 0. The summed E-state index contributed by atoms with van der Waals surface area (Å²) < 4.78 is 0. The molecule has 0 radical (unpaired) electrons. The summed E-state index contributed by atoms with van der Waals surface area (Å²) in [5.74, 6) is 0. The second kappa shape index (κ2) is 3.15. The minimum Gasteiger partial charge on any atom is -0.394 e. The van der Waals surface area contributed by atoms with Crippen LogP contribution in [0.2, 0.25) is 0 Å². The zero-order chi connectivity index (χ0) is 9.19. The van der Waals surface area contributed by atoms with E-state index in [4.69, 9.17) is 5.73 Å². The van der Waals surface area contributed by atoms with E-state index in [1.807, 2.05) is 12.2 Å². The van der Waals surface area contributed by atoms with Crippen molar-refractivity contribution in [1.82, 2.24) is 0 Å². The Labute approximate surface area is 73.6 Å². The minimum absolute atomic E-state index is 0.143. The highest BCUT2D eigenvalue weighted by atomic mass is 14.7. The molecule has 0 saturated carbocycles. The third kappa shape index (κ3) is 1.77. The zero-order valence-electron chi connectivity index (χ0n) is 7.80. The van der Waals surface area contributed by atoms with E-state index in [2.05, 4.69) is 31.7 Å². The number of allylic oxidation sites excluding steroid dienone is 4. The second-order valence-corrected chi connectivity index (χ2v) is 3.51. The first-order valence-electron chi connectivity index (χ1n) is 4.27. The molecular weight excluding hydrogens is 148 g/mol. The Hall–Kier alpha value is -1.02. The molecule has 0 aliphatic heterocycles. The summed E-state index contributed by atoms with van der Waals surface area (Å²) in [5, 5.41) is 0. The minimum atomic E-state index is 0.143. The Morgan fingerprint density at radius 2 is 2.00 bits per heavy atom. The van der Waals surface area contributed by atoms with Crippen LogP contribution in [0, 0.1) is 5.41 Å². The van der Waals surface area contributed by atoms with Gasteiger partial charge >= 0.3 is 0 Å². The molecule has 0 aromatic rings. The fourth-order valence-corrected chi connectivity index (χ4v) is 1.07. The van der Waals surface area contributed by atoms with Crippen molar-refractivity contribution in [3.05, 3.63) is 35.7 Å². The van der Waals surface area contributed by atoms with Crippen molar-refractivity contribution in [2.45, 2.75) is 20.3 Å². The van der Waals surface area contributed by atoms with Crippen molar-refractivity contribution in [2.24, 2.45) is 11.1 Å². The quantitative estimate of drug-likeness (QED) is 0.597. The predicted octanol–water partition coefficient (Wildman–Crippen LogP) is 0.941. The molecule has 0 saturated heterocycles. The molecule has 0 heterocycles. The average Bonchev–Trinajstić information content (AvgIpc) is 2.20. The van der Waals surface area contributed by atoms with Crippen molar-refractivity contribution >= 4 is 0 Å². The highest BCUT2D eigenvalue weighted by molar-refractivity contribution is 5.32. The third-order valence-corrected chi connectivity index (χ3v) is 2.44. The Morgan fingerprint density at radius 3 is 2.58 bits per heavy atom. The molecule has 0 bridgehead atoms. The fourth-order valence-electron chi connectivity index (χ4n) is 1.07. The molecule has 0 fully saturated rings. The van der Waals surface area contributed by atoms with Crippen LogP contribution in [0.25, 0.3) is 0 Å². The lowest BCUT2D eigenvalue weighted by Gasteiger charge is -2.17. The van der Waals surface area contributed by atoms with E-state index in [1.54, 1.807) is 0 Å². The maximum absolute atomic E-state index is 5.73. The van der Waals surface area contributed by atoms with Gasteiger partial charge in [0.05, 0.1) is 5.70 Å². The lowest BCUT2D eigenvalue weighted by atomic mass is 9.87. The number of quaternary nitrogens is 1. The van der Waals surface area contributed by atoms with Crippen LogP contribution >= 0.6 is 0 Å². The zero-order valence-corrected chi connectivity index (χ0v) is 7.80. The molecule has 1 unspecified atom stereocenters. The summed E-state index contributed by atoms with van der Waals surface area (Å²) in [4.78, 5) is 0. The molecule has 1 atom stereocenters. The van der Waals surface area contributed by atoms with Crippen molar-refractivity contribution in [3.8, 4) is 0 Å². The van der Waals surface area contributed by atoms with Crippen LogP contribution in [0.4, 0.5) is 0 Å². The van der Waals surface area contributed by atoms with E-state index in [0.717, 1.165) is 17.8 Å². The van der Waals surface area contributed by atoms with Crippen molar-refractivity contribution in [3.63, 3.8) is 0 Å². The van der Waals surface area contributed by atoms with Gasteiger partial charge in [-0.1, -0.05) is 26.0 Å². The molecule has 0 spiro atoms. The summed E-state index contributed by atoms with van der Waals surface area (Å²) in [5.41, 5.74) is 11.4. The van der Waals surface area contributed by atoms with Crippen LogP contribution in [0.5, 0.6) is 0 Å². The molecule has 66 valence electrons. The number of rotatable bonds is 1. The highest BCUT2D eigenvalue weighted by Gasteiger charge is 2.16. The molecule has 0 amide bonds. The van der Waals surface area contributed by atoms with Crippen LogP contribution in [0.3, 0.4) is 0 Å². The average molecular weight is 165 g/mol. The molecule has 0 aromatic heterocycles. The molecule has 2 nitrogen and oxygen atoms in total. The lowest BCUT2D eigenvalue weighted by Crippen LogP contribution is -2.48. The SMILES string of the molecule is CCC1(C)C=CC(N)=C([NH3+])C=C1. The van der Waals surface area contributed by atoms with Gasteiger partial charge in [-0.3, -0.25) is 0 Å². The normalized spacial score (nSPS) is 29.2. The topological polar surface area (TPSA) is 53.7 Å². The molecule has 1 aliphatic carbocycles. The van der Waals surface area contributed by atoms with E-state index in [9.17, 15) is 0 Å². The van der Waals surface area contributed by atoms with Crippen LogP contribution in [-0.4, -0.2) is 0 Å². The van der Waals surface area contributed by atoms with Gasteiger partial charge in [0.2, 0.25) is 0 Å². The van der Waals surface area contributed by atoms with Gasteiger partial charge in [0.15, 0.2) is 5.70 Å². The van der Waals surface area contributed by atoms with Gasteiger partial charge in [-0.25, -0.2) is 0 Å². The van der Waals surface area contributed by atoms with E-state index < -0.39 is 0 Å². The smallest absolute Gasteiger partial charge is 0.150 e. The second-order valence-electron chi connectivity index (χ2n) is 3.51. The molecule has 1 aliphatic rings. The summed E-state index contributed by atoms with van der Waals surface area (Å²) >= 11 is 0. The first kappa shape index (κ1) is 9.07. The molecule has 12 heavy (non-hydrogen) atoms. The molecule has 0 aromatic carbocycles.